The zero-order valence-electron chi connectivity index (χ0n) is 18.5. The van der Waals surface area contributed by atoms with E-state index in [0.29, 0.717) is 43.4 Å². The number of aryl methyl sites for hydroxylation is 1. The number of carbonyl (C=O) groups is 2. The summed E-state index contributed by atoms with van der Waals surface area (Å²) in [5, 5.41) is 0. The third-order valence-corrected chi connectivity index (χ3v) is 6.10. The maximum absolute atomic E-state index is 13.6. The molecule has 0 aliphatic carbocycles. The quantitative estimate of drug-likeness (QED) is 0.570. The molecule has 2 amide bonds. The van der Waals surface area contributed by atoms with E-state index in [1.807, 2.05) is 66.4 Å². The standard InChI is InChI=1S/C26H25N5O2/c1-19-8-10-20(11-9-19)18-31-24(32)22(21-6-3-2-4-7-21)23(25(31)33)29-14-16-30(17-15-29)26-27-12-5-13-28-26/h2-13H,14-18H2,1H3. The van der Waals surface area contributed by atoms with Gasteiger partial charge in [0.25, 0.3) is 11.8 Å². The van der Waals surface area contributed by atoms with E-state index in [-0.39, 0.29) is 18.4 Å². The fourth-order valence-electron chi connectivity index (χ4n) is 4.33. The van der Waals surface area contributed by atoms with Gasteiger partial charge in [-0.05, 0) is 24.1 Å². The highest BCUT2D eigenvalue weighted by atomic mass is 16.2. The first-order valence-corrected chi connectivity index (χ1v) is 11.1. The van der Waals surface area contributed by atoms with Gasteiger partial charge in [0.15, 0.2) is 0 Å². The Morgan fingerprint density at radius 2 is 1.39 bits per heavy atom. The van der Waals surface area contributed by atoms with Crippen LogP contribution in [-0.4, -0.2) is 57.8 Å². The molecule has 1 fully saturated rings. The molecule has 5 rings (SSSR count). The minimum atomic E-state index is -0.240. The Balaban J connectivity index is 1.43. The molecule has 1 aromatic heterocycles. The topological polar surface area (TPSA) is 69.6 Å². The smallest absolute Gasteiger partial charge is 0.278 e. The number of hydrogen-bond donors (Lipinski definition) is 0. The molecule has 0 atom stereocenters. The van der Waals surface area contributed by atoms with E-state index in [0.717, 1.165) is 16.7 Å². The second kappa shape index (κ2) is 8.86. The summed E-state index contributed by atoms with van der Waals surface area (Å²) in [4.78, 5) is 41.3. The number of benzene rings is 2. The van der Waals surface area contributed by atoms with Crippen molar-refractivity contribution in [3.05, 3.63) is 95.4 Å². The van der Waals surface area contributed by atoms with Crippen LogP contribution in [0.15, 0.2) is 78.8 Å². The summed E-state index contributed by atoms with van der Waals surface area (Å²) in [6, 6.07) is 19.2. The Bertz CT molecular complexity index is 1180. The third kappa shape index (κ3) is 4.09. The van der Waals surface area contributed by atoms with Gasteiger partial charge in [-0.25, -0.2) is 9.97 Å². The van der Waals surface area contributed by atoms with Gasteiger partial charge in [-0.1, -0.05) is 60.2 Å². The van der Waals surface area contributed by atoms with Gasteiger partial charge in [0.1, 0.15) is 5.70 Å². The van der Waals surface area contributed by atoms with Gasteiger partial charge < -0.3 is 9.80 Å². The number of hydrogen-bond acceptors (Lipinski definition) is 6. The third-order valence-electron chi connectivity index (χ3n) is 6.10. The summed E-state index contributed by atoms with van der Waals surface area (Å²) in [6.45, 7) is 4.85. The van der Waals surface area contributed by atoms with E-state index in [1.165, 1.54) is 4.90 Å². The molecule has 0 N–H and O–H groups in total. The second-order valence-electron chi connectivity index (χ2n) is 8.29. The van der Waals surface area contributed by atoms with Gasteiger partial charge in [0.05, 0.1) is 12.1 Å². The fraction of sp³-hybridized carbons (Fsp3) is 0.231. The first-order valence-electron chi connectivity index (χ1n) is 11.1. The summed E-state index contributed by atoms with van der Waals surface area (Å²) >= 11 is 0. The number of carbonyl (C=O) groups excluding carboxylic acids is 2. The van der Waals surface area contributed by atoms with Crippen LogP contribution in [0.5, 0.6) is 0 Å². The summed E-state index contributed by atoms with van der Waals surface area (Å²) in [5.41, 5.74) is 3.82. The maximum atomic E-state index is 13.6. The van der Waals surface area contributed by atoms with E-state index in [4.69, 9.17) is 0 Å². The lowest BCUT2D eigenvalue weighted by atomic mass is 10.0. The van der Waals surface area contributed by atoms with Crippen molar-refractivity contribution >= 4 is 23.3 Å². The average molecular weight is 440 g/mol. The van der Waals surface area contributed by atoms with Crippen molar-refractivity contribution in [3.8, 4) is 0 Å². The van der Waals surface area contributed by atoms with E-state index in [1.54, 1.807) is 18.5 Å². The summed E-state index contributed by atoms with van der Waals surface area (Å²) in [7, 11) is 0. The van der Waals surface area contributed by atoms with Crippen molar-refractivity contribution in [3.63, 3.8) is 0 Å². The van der Waals surface area contributed by atoms with Crippen LogP contribution in [0.25, 0.3) is 5.57 Å². The molecular weight excluding hydrogens is 414 g/mol. The lowest BCUT2D eigenvalue weighted by Gasteiger charge is -2.36. The number of imide groups is 1. The lowest BCUT2D eigenvalue weighted by molar-refractivity contribution is -0.138. The van der Waals surface area contributed by atoms with Crippen molar-refractivity contribution in [1.29, 1.82) is 0 Å². The number of piperazine rings is 1. The Labute approximate surface area is 193 Å². The summed E-state index contributed by atoms with van der Waals surface area (Å²) in [5.74, 6) is 0.212. The predicted molar refractivity (Wildman–Crippen MR) is 126 cm³/mol. The molecule has 7 heteroatoms. The van der Waals surface area contributed by atoms with Gasteiger partial charge in [-0.2, -0.15) is 0 Å². The molecule has 2 aliphatic rings. The highest BCUT2D eigenvalue weighted by molar-refractivity contribution is 6.35. The van der Waals surface area contributed by atoms with Crippen LogP contribution in [0.2, 0.25) is 0 Å². The van der Waals surface area contributed by atoms with Crippen molar-refractivity contribution in [1.82, 2.24) is 19.8 Å². The first kappa shape index (κ1) is 20.9. The predicted octanol–water partition coefficient (Wildman–Crippen LogP) is 2.89. The van der Waals surface area contributed by atoms with Crippen LogP contribution in [0.3, 0.4) is 0 Å². The van der Waals surface area contributed by atoms with Crippen LogP contribution < -0.4 is 4.90 Å². The number of anilines is 1. The molecular formula is C26H25N5O2. The Morgan fingerprint density at radius 1 is 0.758 bits per heavy atom. The number of nitrogens with zero attached hydrogens (tertiary/aromatic N) is 5. The highest BCUT2D eigenvalue weighted by Crippen LogP contribution is 2.33. The normalized spacial score (nSPS) is 16.7. The van der Waals surface area contributed by atoms with Crippen LogP contribution in [-0.2, 0) is 16.1 Å². The molecule has 0 bridgehead atoms. The molecule has 2 aromatic carbocycles. The minimum absolute atomic E-state index is 0.233. The molecule has 166 valence electrons. The summed E-state index contributed by atoms with van der Waals surface area (Å²) < 4.78 is 0. The molecule has 0 saturated carbocycles. The van der Waals surface area contributed by atoms with Gasteiger partial charge in [-0.3, -0.25) is 14.5 Å². The lowest BCUT2D eigenvalue weighted by Crippen LogP contribution is -2.48. The Hall–Kier alpha value is -4.00. The van der Waals surface area contributed by atoms with Gasteiger partial charge in [0, 0.05) is 38.6 Å². The molecule has 3 heterocycles. The molecule has 0 unspecified atom stereocenters. The number of aromatic nitrogens is 2. The SMILES string of the molecule is Cc1ccc(CN2C(=O)C(c3ccccc3)=C(N3CCN(c4ncccn4)CC3)C2=O)cc1. The molecule has 2 aliphatic heterocycles. The molecule has 0 radical (unpaired) electrons. The molecule has 1 saturated heterocycles. The molecule has 0 spiro atoms. The van der Waals surface area contributed by atoms with Gasteiger partial charge in [0.2, 0.25) is 5.95 Å². The van der Waals surface area contributed by atoms with Crippen LogP contribution in [0.1, 0.15) is 16.7 Å². The van der Waals surface area contributed by atoms with Crippen molar-refractivity contribution in [2.75, 3.05) is 31.1 Å². The minimum Gasteiger partial charge on any atom is -0.363 e. The Morgan fingerprint density at radius 3 is 2.06 bits per heavy atom. The summed E-state index contributed by atoms with van der Waals surface area (Å²) in [6.07, 6.45) is 3.46. The number of amides is 2. The van der Waals surface area contributed by atoms with Crippen molar-refractivity contribution in [2.24, 2.45) is 0 Å². The second-order valence-corrected chi connectivity index (χ2v) is 8.29. The van der Waals surface area contributed by atoms with Gasteiger partial charge >= 0.3 is 0 Å². The highest BCUT2D eigenvalue weighted by Gasteiger charge is 2.42. The zero-order valence-corrected chi connectivity index (χ0v) is 18.5. The van der Waals surface area contributed by atoms with E-state index < -0.39 is 0 Å². The first-order chi connectivity index (χ1) is 16.1. The van der Waals surface area contributed by atoms with Gasteiger partial charge in [-0.15, -0.1) is 0 Å². The molecule has 33 heavy (non-hydrogen) atoms. The maximum Gasteiger partial charge on any atom is 0.278 e. The zero-order chi connectivity index (χ0) is 22.8. The number of rotatable bonds is 5. The van der Waals surface area contributed by atoms with Crippen molar-refractivity contribution < 1.29 is 9.59 Å². The Kier molecular flexibility index (Phi) is 5.60. The van der Waals surface area contributed by atoms with E-state index >= 15 is 0 Å². The van der Waals surface area contributed by atoms with E-state index in [9.17, 15) is 9.59 Å². The van der Waals surface area contributed by atoms with Crippen molar-refractivity contribution in [2.45, 2.75) is 13.5 Å². The average Bonchev–Trinajstić information content (AvgIpc) is 3.11. The molecule has 3 aromatic rings. The van der Waals surface area contributed by atoms with Crippen LogP contribution in [0.4, 0.5) is 5.95 Å². The van der Waals surface area contributed by atoms with Crippen LogP contribution in [0, 0.1) is 6.92 Å². The van der Waals surface area contributed by atoms with E-state index in [2.05, 4.69) is 14.9 Å². The largest absolute Gasteiger partial charge is 0.363 e. The molecule has 7 nitrogen and oxygen atoms in total. The van der Waals surface area contributed by atoms with Crippen LogP contribution >= 0.6 is 0 Å². The fourth-order valence-corrected chi connectivity index (χ4v) is 4.33. The monoisotopic (exact) mass is 439 g/mol.